The average Bonchev–Trinajstić information content (AvgIpc) is 2.99. The molecule has 0 saturated carbocycles. The van der Waals surface area contributed by atoms with E-state index in [0.717, 1.165) is 38.3 Å². The SMILES string of the molecule is CCCn1ccnc1CC(=O)CCC1CCNC1. The van der Waals surface area contributed by atoms with Gasteiger partial charge in [-0.05, 0) is 38.3 Å². The van der Waals surface area contributed by atoms with Gasteiger partial charge in [0.25, 0.3) is 0 Å². The Bertz CT molecular complexity index is 380. The van der Waals surface area contributed by atoms with E-state index in [1.165, 1.54) is 6.42 Å². The highest BCUT2D eigenvalue weighted by Gasteiger charge is 2.16. The average molecular weight is 249 g/mol. The molecule has 0 aliphatic carbocycles. The van der Waals surface area contributed by atoms with Crippen molar-refractivity contribution in [2.75, 3.05) is 13.1 Å². The molecule has 0 spiro atoms. The normalized spacial score (nSPS) is 19.3. The molecule has 1 N–H and O–H groups in total. The number of nitrogens with zero attached hydrogens (tertiary/aromatic N) is 2. The first-order chi connectivity index (χ1) is 8.79. The molecule has 0 radical (unpaired) electrons. The fourth-order valence-corrected chi connectivity index (χ4v) is 2.54. The second kappa shape index (κ2) is 6.69. The number of hydrogen-bond donors (Lipinski definition) is 1. The zero-order valence-corrected chi connectivity index (χ0v) is 11.2. The van der Waals surface area contributed by atoms with E-state index >= 15 is 0 Å². The van der Waals surface area contributed by atoms with E-state index in [1.54, 1.807) is 6.20 Å². The van der Waals surface area contributed by atoms with Gasteiger partial charge in [-0.15, -0.1) is 0 Å². The van der Waals surface area contributed by atoms with Gasteiger partial charge in [0.2, 0.25) is 0 Å². The molecular weight excluding hydrogens is 226 g/mol. The van der Waals surface area contributed by atoms with Crippen molar-refractivity contribution in [3.05, 3.63) is 18.2 Å². The number of rotatable bonds is 7. The van der Waals surface area contributed by atoms with E-state index in [9.17, 15) is 4.79 Å². The van der Waals surface area contributed by atoms with Crippen LogP contribution in [0.1, 0.15) is 38.4 Å². The fraction of sp³-hybridized carbons (Fsp3) is 0.714. The van der Waals surface area contributed by atoms with Gasteiger partial charge in [0.1, 0.15) is 11.6 Å². The lowest BCUT2D eigenvalue weighted by Gasteiger charge is -2.08. The van der Waals surface area contributed by atoms with E-state index in [1.807, 2.05) is 6.20 Å². The van der Waals surface area contributed by atoms with Crippen molar-refractivity contribution in [3.63, 3.8) is 0 Å². The second-order valence-corrected chi connectivity index (χ2v) is 5.15. The third-order valence-electron chi connectivity index (χ3n) is 3.62. The molecule has 1 saturated heterocycles. The monoisotopic (exact) mass is 249 g/mol. The molecule has 1 fully saturated rings. The standard InChI is InChI=1S/C14H23N3O/c1-2-8-17-9-7-16-14(17)10-13(18)4-3-12-5-6-15-11-12/h7,9,12,15H,2-6,8,10-11H2,1H3. The zero-order chi connectivity index (χ0) is 12.8. The number of carbonyl (C=O) groups excluding carboxylic acids is 1. The summed E-state index contributed by atoms with van der Waals surface area (Å²) < 4.78 is 2.09. The summed E-state index contributed by atoms with van der Waals surface area (Å²) in [5.41, 5.74) is 0. The van der Waals surface area contributed by atoms with Gasteiger partial charge in [0.15, 0.2) is 0 Å². The maximum atomic E-state index is 11.9. The Labute approximate surface area is 109 Å². The van der Waals surface area contributed by atoms with E-state index < -0.39 is 0 Å². The van der Waals surface area contributed by atoms with E-state index in [4.69, 9.17) is 0 Å². The number of aromatic nitrogens is 2. The molecule has 0 amide bonds. The highest BCUT2D eigenvalue weighted by atomic mass is 16.1. The van der Waals surface area contributed by atoms with Gasteiger partial charge in [0, 0.05) is 25.4 Å². The Hall–Kier alpha value is -1.16. The van der Waals surface area contributed by atoms with Gasteiger partial charge in [-0.3, -0.25) is 4.79 Å². The van der Waals surface area contributed by atoms with Crippen LogP contribution >= 0.6 is 0 Å². The maximum Gasteiger partial charge on any atom is 0.140 e. The van der Waals surface area contributed by atoms with Crippen molar-refractivity contribution >= 4 is 5.78 Å². The first kappa shape index (κ1) is 13.3. The molecule has 1 unspecified atom stereocenters. The van der Waals surface area contributed by atoms with E-state index in [2.05, 4.69) is 21.8 Å². The van der Waals surface area contributed by atoms with Crippen molar-refractivity contribution in [2.45, 2.75) is 45.6 Å². The lowest BCUT2D eigenvalue weighted by atomic mass is 10.00. The molecule has 4 heteroatoms. The molecule has 2 heterocycles. The summed E-state index contributed by atoms with van der Waals surface area (Å²) in [4.78, 5) is 16.2. The van der Waals surface area contributed by atoms with Crippen LogP contribution in [-0.2, 0) is 17.8 Å². The Morgan fingerprint density at radius 2 is 2.50 bits per heavy atom. The Balaban J connectivity index is 1.77. The Morgan fingerprint density at radius 1 is 1.61 bits per heavy atom. The summed E-state index contributed by atoms with van der Waals surface area (Å²) >= 11 is 0. The molecular formula is C14H23N3O. The highest BCUT2D eigenvalue weighted by Crippen LogP contribution is 2.15. The van der Waals surface area contributed by atoms with Crippen LogP contribution in [0.4, 0.5) is 0 Å². The van der Waals surface area contributed by atoms with Crippen LogP contribution in [0.15, 0.2) is 12.4 Å². The minimum absolute atomic E-state index is 0.324. The summed E-state index contributed by atoms with van der Waals surface area (Å²) in [7, 11) is 0. The zero-order valence-electron chi connectivity index (χ0n) is 11.2. The number of carbonyl (C=O) groups is 1. The van der Waals surface area contributed by atoms with Gasteiger partial charge in [0.05, 0.1) is 6.42 Å². The largest absolute Gasteiger partial charge is 0.335 e. The number of aryl methyl sites for hydroxylation is 1. The molecule has 18 heavy (non-hydrogen) atoms. The summed E-state index contributed by atoms with van der Waals surface area (Å²) in [6.07, 6.45) is 8.27. The number of imidazole rings is 1. The molecule has 0 bridgehead atoms. The predicted molar refractivity (Wildman–Crippen MR) is 71.4 cm³/mol. The van der Waals surface area contributed by atoms with Crippen molar-refractivity contribution in [2.24, 2.45) is 5.92 Å². The quantitative estimate of drug-likeness (QED) is 0.801. The summed E-state index contributed by atoms with van der Waals surface area (Å²) in [5, 5.41) is 3.34. The van der Waals surface area contributed by atoms with Crippen LogP contribution in [0.2, 0.25) is 0 Å². The number of nitrogens with one attached hydrogen (secondary N) is 1. The molecule has 100 valence electrons. The van der Waals surface area contributed by atoms with E-state index in [0.29, 0.717) is 24.5 Å². The van der Waals surface area contributed by atoms with Crippen LogP contribution < -0.4 is 5.32 Å². The van der Waals surface area contributed by atoms with Gasteiger partial charge >= 0.3 is 0 Å². The second-order valence-electron chi connectivity index (χ2n) is 5.15. The molecule has 0 aromatic carbocycles. The van der Waals surface area contributed by atoms with Crippen LogP contribution in [0.25, 0.3) is 0 Å². The molecule has 1 aliphatic heterocycles. The molecule has 1 aromatic heterocycles. The maximum absolute atomic E-state index is 11.9. The molecule has 1 atom stereocenters. The topological polar surface area (TPSA) is 46.9 Å². The number of ketones is 1. The minimum Gasteiger partial charge on any atom is -0.335 e. The third kappa shape index (κ3) is 3.67. The van der Waals surface area contributed by atoms with Crippen LogP contribution in [0, 0.1) is 5.92 Å². The van der Waals surface area contributed by atoms with Gasteiger partial charge in [-0.2, -0.15) is 0 Å². The van der Waals surface area contributed by atoms with Crippen LogP contribution in [-0.4, -0.2) is 28.4 Å². The van der Waals surface area contributed by atoms with Crippen LogP contribution in [0.3, 0.4) is 0 Å². The number of hydrogen-bond acceptors (Lipinski definition) is 3. The van der Waals surface area contributed by atoms with Gasteiger partial charge < -0.3 is 9.88 Å². The first-order valence-electron chi connectivity index (χ1n) is 7.02. The summed E-state index contributed by atoms with van der Waals surface area (Å²) in [6, 6.07) is 0. The lowest BCUT2D eigenvalue weighted by molar-refractivity contribution is -0.118. The Morgan fingerprint density at radius 3 is 3.22 bits per heavy atom. The number of Topliss-reactive ketones (excluding diaryl/α,β-unsaturated/α-hetero) is 1. The predicted octanol–water partition coefficient (Wildman–Crippen LogP) is 1.79. The Kier molecular flexibility index (Phi) is 4.93. The summed E-state index contributed by atoms with van der Waals surface area (Å²) in [6.45, 7) is 5.28. The minimum atomic E-state index is 0.324. The molecule has 1 aromatic rings. The smallest absolute Gasteiger partial charge is 0.140 e. The van der Waals surface area contributed by atoms with Crippen molar-refractivity contribution in [3.8, 4) is 0 Å². The lowest BCUT2D eigenvalue weighted by Crippen LogP contribution is -2.13. The fourth-order valence-electron chi connectivity index (χ4n) is 2.54. The third-order valence-corrected chi connectivity index (χ3v) is 3.62. The molecule has 1 aliphatic rings. The molecule has 2 rings (SSSR count). The van der Waals surface area contributed by atoms with Crippen molar-refractivity contribution < 1.29 is 4.79 Å². The first-order valence-corrected chi connectivity index (χ1v) is 7.02. The van der Waals surface area contributed by atoms with Crippen LogP contribution in [0.5, 0.6) is 0 Å². The van der Waals surface area contributed by atoms with Gasteiger partial charge in [-0.1, -0.05) is 6.92 Å². The summed E-state index contributed by atoms with van der Waals surface area (Å²) in [5.74, 6) is 1.95. The molecule has 4 nitrogen and oxygen atoms in total. The van der Waals surface area contributed by atoms with Gasteiger partial charge in [-0.25, -0.2) is 4.98 Å². The highest BCUT2D eigenvalue weighted by molar-refractivity contribution is 5.80. The van der Waals surface area contributed by atoms with Crippen molar-refractivity contribution in [1.82, 2.24) is 14.9 Å². The van der Waals surface area contributed by atoms with Crippen molar-refractivity contribution in [1.29, 1.82) is 0 Å². The van der Waals surface area contributed by atoms with E-state index in [-0.39, 0.29) is 0 Å².